The molecule has 0 saturated carbocycles. The number of benzene rings is 2. The highest BCUT2D eigenvalue weighted by atomic mass is 32.1. The number of para-hydroxylation sites is 1. The first-order chi connectivity index (χ1) is 15.4. The van der Waals surface area contributed by atoms with Gasteiger partial charge in [-0.1, -0.05) is 18.2 Å². The topological polar surface area (TPSA) is 98.1 Å². The van der Waals surface area contributed by atoms with E-state index in [2.05, 4.69) is 20.7 Å². The van der Waals surface area contributed by atoms with Crippen LogP contribution in [0.3, 0.4) is 0 Å². The van der Waals surface area contributed by atoms with E-state index < -0.39 is 11.7 Å². The Morgan fingerprint density at radius 1 is 1.12 bits per heavy atom. The molecule has 0 aliphatic heterocycles. The highest BCUT2D eigenvalue weighted by Crippen LogP contribution is 2.29. The van der Waals surface area contributed by atoms with Crippen molar-refractivity contribution in [3.8, 4) is 22.7 Å². The second-order valence-corrected chi connectivity index (χ2v) is 7.55. The third-order valence-electron chi connectivity index (χ3n) is 4.43. The number of methoxy groups -OCH3 is 1. The number of aromatic nitrogens is 3. The first-order valence-electron chi connectivity index (χ1n) is 9.48. The van der Waals surface area contributed by atoms with Gasteiger partial charge >= 0.3 is 0 Å². The van der Waals surface area contributed by atoms with Gasteiger partial charge in [-0.05, 0) is 30.3 Å². The molecular formula is C22H18FN5O3S. The minimum atomic E-state index is -0.539. The lowest BCUT2D eigenvalue weighted by molar-refractivity contribution is -0.114. The zero-order valence-corrected chi connectivity index (χ0v) is 17.9. The van der Waals surface area contributed by atoms with E-state index in [1.807, 2.05) is 30.3 Å². The van der Waals surface area contributed by atoms with Crippen molar-refractivity contribution in [2.24, 2.45) is 0 Å². The van der Waals surface area contributed by atoms with Crippen LogP contribution in [0, 0.1) is 5.82 Å². The van der Waals surface area contributed by atoms with Crippen LogP contribution >= 0.6 is 11.3 Å². The fourth-order valence-electron chi connectivity index (χ4n) is 2.99. The molecule has 32 heavy (non-hydrogen) atoms. The van der Waals surface area contributed by atoms with Gasteiger partial charge in [0.15, 0.2) is 16.6 Å². The number of carbonyl (C=O) groups excluding carboxylic acids is 2. The molecule has 2 aromatic heterocycles. The molecule has 2 aromatic carbocycles. The Kier molecular flexibility index (Phi) is 5.95. The van der Waals surface area contributed by atoms with Crippen LogP contribution in [0.1, 0.15) is 17.4 Å². The maximum atomic E-state index is 14.5. The summed E-state index contributed by atoms with van der Waals surface area (Å²) in [5, 5.41) is 11.4. The van der Waals surface area contributed by atoms with Gasteiger partial charge in [0.2, 0.25) is 5.91 Å². The Morgan fingerprint density at radius 3 is 2.59 bits per heavy atom. The van der Waals surface area contributed by atoms with Crippen LogP contribution in [0.4, 0.5) is 15.2 Å². The quantitative estimate of drug-likeness (QED) is 0.454. The Labute approximate surface area is 186 Å². The van der Waals surface area contributed by atoms with Crippen molar-refractivity contribution in [3.05, 3.63) is 71.6 Å². The molecule has 4 rings (SSSR count). The molecule has 2 N–H and O–H groups in total. The molecule has 4 aromatic rings. The lowest BCUT2D eigenvalue weighted by Crippen LogP contribution is -2.14. The Morgan fingerprint density at radius 2 is 1.91 bits per heavy atom. The zero-order valence-electron chi connectivity index (χ0n) is 17.1. The molecule has 0 aliphatic rings. The highest BCUT2D eigenvalue weighted by molar-refractivity contribution is 7.14. The number of hydrogen-bond donors (Lipinski definition) is 2. The summed E-state index contributed by atoms with van der Waals surface area (Å²) in [5.74, 6) is -1.02. The summed E-state index contributed by atoms with van der Waals surface area (Å²) >= 11 is 1.15. The number of nitrogens with one attached hydrogen (secondary N) is 2. The van der Waals surface area contributed by atoms with Gasteiger partial charge in [0, 0.05) is 23.6 Å². The summed E-state index contributed by atoms with van der Waals surface area (Å²) in [6.45, 7) is 1.35. The summed E-state index contributed by atoms with van der Waals surface area (Å²) in [7, 11) is 1.46. The van der Waals surface area contributed by atoms with Crippen molar-refractivity contribution < 1.29 is 18.7 Å². The van der Waals surface area contributed by atoms with E-state index in [-0.39, 0.29) is 22.3 Å². The lowest BCUT2D eigenvalue weighted by atomic mass is 10.1. The van der Waals surface area contributed by atoms with Crippen molar-refractivity contribution in [1.82, 2.24) is 14.8 Å². The van der Waals surface area contributed by atoms with Crippen molar-refractivity contribution in [2.75, 3.05) is 17.7 Å². The zero-order chi connectivity index (χ0) is 22.7. The van der Waals surface area contributed by atoms with Crippen LogP contribution in [0.15, 0.2) is 60.1 Å². The second kappa shape index (κ2) is 8.98. The molecule has 0 fully saturated rings. The van der Waals surface area contributed by atoms with Gasteiger partial charge < -0.3 is 10.1 Å². The second-order valence-electron chi connectivity index (χ2n) is 6.69. The number of anilines is 2. The number of ether oxygens (including phenoxy) is 1. The number of halogens is 1. The number of hydrogen-bond acceptors (Lipinski definition) is 6. The van der Waals surface area contributed by atoms with Gasteiger partial charge in [-0.2, -0.15) is 5.10 Å². The molecular weight excluding hydrogens is 433 g/mol. The molecule has 0 saturated heterocycles. The number of nitrogens with zero attached hydrogens (tertiary/aromatic N) is 3. The number of thiazole rings is 1. The molecule has 0 aliphatic carbocycles. The van der Waals surface area contributed by atoms with Crippen molar-refractivity contribution in [2.45, 2.75) is 6.92 Å². The summed E-state index contributed by atoms with van der Waals surface area (Å²) in [5.41, 5.74) is 1.84. The van der Waals surface area contributed by atoms with Gasteiger partial charge in [0.05, 0.1) is 24.7 Å². The van der Waals surface area contributed by atoms with Crippen molar-refractivity contribution in [3.63, 3.8) is 0 Å². The summed E-state index contributed by atoms with van der Waals surface area (Å²) in [6.07, 6.45) is 1.61. The summed E-state index contributed by atoms with van der Waals surface area (Å²) in [6, 6.07) is 13.6. The summed E-state index contributed by atoms with van der Waals surface area (Å²) < 4.78 is 21.3. The van der Waals surface area contributed by atoms with Gasteiger partial charge in [0.1, 0.15) is 5.82 Å². The Balaban J connectivity index is 1.53. The fourth-order valence-corrected chi connectivity index (χ4v) is 3.70. The normalized spacial score (nSPS) is 10.6. The molecule has 0 unspecified atom stereocenters. The Bertz CT molecular complexity index is 1290. The minimum absolute atomic E-state index is 0.0962. The molecule has 162 valence electrons. The molecule has 0 bridgehead atoms. The number of carbonyl (C=O) groups is 2. The third kappa shape index (κ3) is 4.49. The van der Waals surface area contributed by atoms with Crippen LogP contribution < -0.4 is 15.4 Å². The van der Waals surface area contributed by atoms with Crippen LogP contribution in [0.25, 0.3) is 16.9 Å². The third-order valence-corrected chi connectivity index (χ3v) is 5.18. The lowest BCUT2D eigenvalue weighted by Gasteiger charge is -2.05. The van der Waals surface area contributed by atoms with Crippen molar-refractivity contribution >= 4 is 34.0 Å². The molecule has 0 atom stereocenters. The largest absolute Gasteiger partial charge is 0.493 e. The molecule has 0 spiro atoms. The highest BCUT2D eigenvalue weighted by Gasteiger charge is 2.20. The average Bonchev–Trinajstić information content (AvgIpc) is 3.41. The van der Waals surface area contributed by atoms with E-state index in [9.17, 15) is 14.0 Å². The first kappa shape index (κ1) is 21.2. The molecule has 10 heteroatoms. The number of amides is 2. The molecule has 0 radical (unpaired) electrons. The maximum Gasteiger partial charge on any atom is 0.281 e. The van der Waals surface area contributed by atoms with E-state index in [1.165, 1.54) is 26.2 Å². The van der Waals surface area contributed by atoms with E-state index in [1.54, 1.807) is 22.3 Å². The number of rotatable bonds is 6. The van der Waals surface area contributed by atoms with Gasteiger partial charge in [-0.3, -0.25) is 14.9 Å². The first-order valence-corrected chi connectivity index (χ1v) is 10.4. The molecule has 2 amide bonds. The molecule has 2 heterocycles. The monoisotopic (exact) mass is 451 g/mol. The van der Waals surface area contributed by atoms with Crippen LogP contribution in [-0.4, -0.2) is 33.7 Å². The molecule has 8 nitrogen and oxygen atoms in total. The predicted octanol–water partition coefficient (Wildman–Crippen LogP) is 4.35. The van der Waals surface area contributed by atoms with Crippen LogP contribution in [0.5, 0.6) is 5.75 Å². The minimum Gasteiger partial charge on any atom is -0.493 e. The SMILES string of the molecule is COc1cn(-c2ccccc2)nc1C(=O)Nc1nc(-c2ccc(NC(C)=O)cc2F)cs1. The summed E-state index contributed by atoms with van der Waals surface area (Å²) in [4.78, 5) is 28.2. The van der Waals surface area contributed by atoms with Crippen LogP contribution in [-0.2, 0) is 4.79 Å². The standard InChI is InChI=1S/C22H18FN5O3S/c1-13(29)24-14-8-9-16(17(23)10-14)18-12-32-22(25-18)26-21(30)20-19(31-2)11-28(27-20)15-6-4-3-5-7-15/h3-12H,1-2H3,(H,24,29)(H,25,26,30). The maximum absolute atomic E-state index is 14.5. The van der Waals surface area contributed by atoms with E-state index >= 15 is 0 Å². The smallest absolute Gasteiger partial charge is 0.281 e. The van der Waals surface area contributed by atoms with Gasteiger partial charge in [-0.15, -0.1) is 11.3 Å². The predicted molar refractivity (Wildman–Crippen MR) is 120 cm³/mol. The average molecular weight is 451 g/mol. The van der Waals surface area contributed by atoms with E-state index in [0.29, 0.717) is 17.1 Å². The van der Waals surface area contributed by atoms with E-state index in [4.69, 9.17) is 4.74 Å². The van der Waals surface area contributed by atoms with Crippen molar-refractivity contribution in [1.29, 1.82) is 0 Å². The van der Waals surface area contributed by atoms with Gasteiger partial charge in [-0.25, -0.2) is 14.1 Å². The Hall–Kier alpha value is -4.05. The van der Waals surface area contributed by atoms with Gasteiger partial charge in [0.25, 0.3) is 5.91 Å². The van der Waals surface area contributed by atoms with Crippen LogP contribution in [0.2, 0.25) is 0 Å². The van der Waals surface area contributed by atoms with E-state index in [0.717, 1.165) is 17.0 Å². The fraction of sp³-hybridized carbons (Fsp3) is 0.0909.